The minimum atomic E-state index is -1.41. The van der Waals surface area contributed by atoms with Gasteiger partial charge in [0, 0.05) is 12.0 Å². The zero-order valence-electron chi connectivity index (χ0n) is 7.33. The standard InChI is InChI=1S/C10H11FO2/c1-10(12)6-9(11)13-8-5-3-2-4-7(8)10/h2-5,9,12H,6H2,1H3. The second-order valence-corrected chi connectivity index (χ2v) is 3.50. The fourth-order valence-corrected chi connectivity index (χ4v) is 1.62. The van der Waals surface area contributed by atoms with Crippen LogP contribution in [-0.4, -0.2) is 11.5 Å². The number of fused-ring (bicyclic) bond motifs is 1. The first-order valence-electron chi connectivity index (χ1n) is 4.22. The first-order valence-corrected chi connectivity index (χ1v) is 4.22. The number of ether oxygens (including phenoxy) is 1. The molecule has 3 heteroatoms. The van der Waals surface area contributed by atoms with Gasteiger partial charge in [0.2, 0.25) is 6.36 Å². The predicted molar refractivity (Wildman–Crippen MR) is 46.2 cm³/mol. The Labute approximate surface area is 76.0 Å². The highest BCUT2D eigenvalue weighted by atomic mass is 19.1. The van der Waals surface area contributed by atoms with Crippen LogP contribution in [0.3, 0.4) is 0 Å². The maximum absolute atomic E-state index is 13.0. The van der Waals surface area contributed by atoms with Crippen LogP contribution < -0.4 is 4.74 Å². The molecule has 0 aromatic heterocycles. The molecular formula is C10H11FO2. The predicted octanol–water partition coefficient (Wildman–Crippen LogP) is 1.97. The molecule has 2 nitrogen and oxygen atoms in total. The number of halogens is 1. The van der Waals surface area contributed by atoms with E-state index in [2.05, 4.69) is 0 Å². The zero-order chi connectivity index (χ0) is 9.47. The number of rotatable bonds is 0. The molecule has 0 saturated heterocycles. The number of hydrogen-bond acceptors (Lipinski definition) is 2. The smallest absolute Gasteiger partial charge is 0.241 e. The molecule has 0 aliphatic carbocycles. The highest BCUT2D eigenvalue weighted by Crippen LogP contribution is 2.38. The molecular weight excluding hydrogens is 171 g/mol. The van der Waals surface area contributed by atoms with Crippen molar-refractivity contribution >= 4 is 0 Å². The summed E-state index contributed by atoms with van der Waals surface area (Å²) in [6.07, 6.45) is -1.42. The minimum Gasteiger partial charge on any atom is -0.460 e. The van der Waals surface area contributed by atoms with E-state index in [9.17, 15) is 9.50 Å². The Bertz CT molecular complexity index is 322. The average molecular weight is 182 g/mol. The molecule has 1 heterocycles. The van der Waals surface area contributed by atoms with E-state index in [1.54, 1.807) is 31.2 Å². The van der Waals surface area contributed by atoms with Crippen LogP contribution in [0, 0.1) is 0 Å². The van der Waals surface area contributed by atoms with E-state index in [-0.39, 0.29) is 6.42 Å². The van der Waals surface area contributed by atoms with Crippen LogP contribution in [0.1, 0.15) is 18.9 Å². The van der Waals surface area contributed by atoms with E-state index in [4.69, 9.17) is 4.74 Å². The van der Waals surface area contributed by atoms with Crippen molar-refractivity contribution in [1.29, 1.82) is 0 Å². The van der Waals surface area contributed by atoms with E-state index in [0.717, 1.165) is 0 Å². The third kappa shape index (κ3) is 1.40. The van der Waals surface area contributed by atoms with Gasteiger partial charge in [-0.2, -0.15) is 0 Å². The summed E-state index contributed by atoms with van der Waals surface area (Å²) in [6, 6.07) is 6.97. The lowest BCUT2D eigenvalue weighted by Crippen LogP contribution is -2.33. The first-order chi connectivity index (χ1) is 6.09. The lowest BCUT2D eigenvalue weighted by Gasteiger charge is -2.32. The maximum Gasteiger partial charge on any atom is 0.241 e. The summed E-state index contributed by atoms with van der Waals surface area (Å²) in [6.45, 7) is 1.60. The molecule has 0 bridgehead atoms. The number of aliphatic hydroxyl groups is 1. The van der Waals surface area contributed by atoms with Crippen LogP contribution in [0.5, 0.6) is 5.75 Å². The zero-order valence-corrected chi connectivity index (χ0v) is 7.33. The largest absolute Gasteiger partial charge is 0.460 e. The van der Waals surface area contributed by atoms with Gasteiger partial charge in [0.1, 0.15) is 5.75 Å². The van der Waals surface area contributed by atoms with Gasteiger partial charge in [-0.25, -0.2) is 4.39 Å². The Balaban J connectivity index is 2.50. The topological polar surface area (TPSA) is 29.5 Å². The van der Waals surface area contributed by atoms with Gasteiger partial charge in [0.05, 0.1) is 5.60 Å². The Hall–Kier alpha value is -1.09. The molecule has 2 unspecified atom stereocenters. The number of alkyl halides is 1. The maximum atomic E-state index is 13.0. The van der Waals surface area contributed by atoms with Gasteiger partial charge in [0.15, 0.2) is 0 Å². The fraction of sp³-hybridized carbons (Fsp3) is 0.400. The normalized spacial score (nSPS) is 32.1. The molecule has 70 valence electrons. The molecule has 0 saturated carbocycles. The van der Waals surface area contributed by atoms with Crippen molar-refractivity contribution in [2.45, 2.75) is 25.3 Å². The van der Waals surface area contributed by atoms with Crippen LogP contribution in [0.4, 0.5) is 4.39 Å². The highest BCUT2D eigenvalue weighted by Gasteiger charge is 2.35. The van der Waals surface area contributed by atoms with Crippen molar-refractivity contribution in [2.24, 2.45) is 0 Å². The van der Waals surface area contributed by atoms with E-state index in [1.165, 1.54) is 0 Å². The van der Waals surface area contributed by atoms with Gasteiger partial charge in [0.25, 0.3) is 0 Å². The van der Waals surface area contributed by atoms with Gasteiger partial charge in [-0.05, 0) is 13.0 Å². The van der Waals surface area contributed by atoms with E-state index in [0.29, 0.717) is 11.3 Å². The first kappa shape index (κ1) is 8.51. The van der Waals surface area contributed by atoms with Crippen LogP contribution in [0.15, 0.2) is 24.3 Å². The summed E-state index contributed by atoms with van der Waals surface area (Å²) >= 11 is 0. The molecule has 2 rings (SSSR count). The van der Waals surface area contributed by atoms with E-state index < -0.39 is 12.0 Å². The molecule has 2 atom stereocenters. The van der Waals surface area contributed by atoms with Crippen molar-refractivity contribution < 1.29 is 14.2 Å². The van der Waals surface area contributed by atoms with Crippen LogP contribution in [0.25, 0.3) is 0 Å². The van der Waals surface area contributed by atoms with Gasteiger partial charge in [-0.1, -0.05) is 18.2 Å². The number of hydrogen-bond donors (Lipinski definition) is 1. The lowest BCUT2D eigenvalue weighted by molar-refractivity contribution is -0.0625. The van der Waals surface area contributed by atoms with E-state index in [1.807, 2.05) is 0 Å². The van der Waals surface area contributed by atoms with Crippen LogP contribution in [-0.2, 0) is 5.60 Å². The molecule has 0 amide bonds. The van der Waals surface area contributed by atoms with Crippen molar-refractivity contribution in [1.82, 2.24) is 0 Å². The Kier molecular flexibility index (Phi) is 1.77. The highest BCUT2D eigenvalue weighted by molar-refractivity contribution is 5.39. The molecule has 0 fully saturated rings. The van der Waals surface area contributed by atoms with Crippen molar-refractivity contribution in [3.8, 4) is 5.75 Å². The molecule has 0 spiro atoms. The quantitative estimate of drug-likeness (QED) is 0.664. The molecule has 1 N–H and O–H groups in total. The summed E-state index contributed by atoms with van der Waals surface area (Å²) in [5, 5.41) is 9.88. The summed E-state index contributed by atoms with van der Waals surface area (Å²) < 4.78 is 17.9. The molecule has 13 heavy (non-hydrogen) atoms. The van der Waals surface area contributed by atoms with Crippen molar-refractivity contribution in [2.75, 3.05) is 0 Å². The monoisotopic (exact) mass is 182 g/mol. The minimum absolute atomic E-state index is 0.00991. The van der Waals surface area contributed by atoms with Gasteiger partial charge < -0.3 is 9.84 Å². The third-order valence-corrected chi connectivity index (χ3v) is 2.28. The molecule has 1 aromatic rings. The number of benzene rings is 1. The Morgan fingerprint density at radius 2 is 2.23 bits per heavy atom. The summed E-state index contributed by atoms with van der Waals surface area (Å²) in [5.41, 5.74) is -0.460. The molecule has 1 aliphatic heterocycles. The van der Waals surface area contributed by atoms with Crippen LogP contribution >= 0.6 is 0 Å². The second-order valence-electron chi connectivity index (χ2n) is 3.50. The third-order valence-electron chi connectivity index (χ3n) is 2.28. The Morgan fingerprint density at radius 1 is 1.54 bits per heavy atom. The second kappa shape index (κ2) is 2.70. The Morgan fingerprint density at radius 3 is 3.00 bits per heavy atom. The fourth-order valence-electron chi connectivity index (χ4n) is 1.62. The summed E-state index contributed by atoms with van der Waals surface area (Å²) in [4.78, 5) is 0. The van der Waals surface area contributed by atoms with Gasteiger partial charge in [-0.15, -0.1) is 0 Å². The van der Waals surface area contributed by atoms with Crippen molar-refractivity contribution in [3.63, 3.8) is 0 Å². The van der Waals surface area contributed by atoms with Crippen molar-refractivity contribution in [3.05, 3.63) is 29.8 Å². The number of para-hydroxylation sites is 1. The van der Waals surface area contributed by atoms with Gasteiger partial charge >= 0.3 is 0 Å². The molecule has 0 radical (unpaired) electrons. The molecule has 1 aromatic carbocycles. The summed E-state index contributed by atoms with van der Waals surface area (Å²) in [7, 11) is 0. The summed E-state index contributed by atoms with van der Waals surface area (Å²) in [5.74, 6) is 0.436. The van der Waals surface area contributed by atoms with Gasteiger partial charge in [-0.3, -0.25) is 0 Å². The van der Waals surface area contributed by atoms with Crippen LogP contribution in [0.2, 0.25) is 0 Å². The SMILES string of the molecule is CC1(O)CC(F)Oc2ccccc21. The lowest BCUT2D eigenvalue weighted by atomic mass is 9.90. The van der Waals surface area contributed by atoms with E-state index >= 15 is 0 Å². The molecule has 1 aliphatic rings. The average Bonchev–Trinajstić information content (AvgIpc) is 2.02.